The highest BCUT2D eigenvalue weighted by atomic mass is 79.9. The number of piperidine rings is 1. The summed E-state index contributed by atoms with van der Waals surface area (Å²) in [5, 5.41) is 12.1. The summed E-state index contributed by atoms with van der Waals surface area (Å²) < 4.78 is 1.03. The van der Waals surface area contributed by atoms with Gasteiger partial charge in [0, 0.05) is 30.2 Å². The maximum Gasteiger partial charge on any atom is 0.317 e. The number of hydrogen-bond donors (Lipinski definition) is 2. The van der Waals surface area contributed by atoms with E-state index in [1.165, 1.54) is 0 Å². The lowest BCUT2D eigenvalue weighted by Crippen LogP contribution is -2.48. The van der Waals surface area contributed by atoms with Gasteiger partial charge in [-0.1, -0.05) is 28.1 Å². The Balaban J connectivity index is 1.88. The molecule has 2 amide bonds. The first-order valence-electron chi connectivity index (χ1n) is 7.10. The van der Waals surface area contributed by atoms with E-state index < -0.39 is 0 Å². The number of amides is 2. The smallest absolute Gasteiger partial charge is 0.317 e. The summed E-state index contributed by atoms with van der Waals surface area (Å²) in [4.78, 5) is 14.1. The molecule has 110 valence electrons. The predicted octanol–water partition coefficient (Wildman–Crippen LogP) is 2.90. The quantitative estimate of drug-likeness (QED) is 0.885. The van der Waals surface area contributed by atoms with Crippen molar-refractivity contribution in [2.24, 2.45) is 0 Å². The number of halogens is 1. The molecule has 4 nitrogen and oxygen atoms in total. The summed E-state index contributed by atoms with van der Waals surface area (Å²) in [7, 11) is 0. The molecule has 2 rings (SSSR count). The highest BCUT2D eigenvalue weighted by Crippen LogP contribution is 2.19. The molecule has 20 heavy (non-hydrogen) atoms. The first-order chi connectivity index (χ1) is 9.70. The third-order valence-electron chi connectivity index (χ3n) is 3.71. The number of aliphatic hydroxyl groups excluding tert-OH is 1. The minimum atomic E-state index is -0.0222. The monoisotopic (exact) mass is 340 g/mol. The van der Waals surface area contributed by atoms with Gasteiger partial charge < -0.3 is 15.3 Å². The molecule has 5 heteroatoms. The van der Waals surface area contributed by atoms with Crippen LogP contribution in [0.4, 0.5) is 4.79 Å². The molecule has 0 spiro atoms. The number of hydrogen-bond acceptors (Lipinski definition) is 2. The van der Waals surface area contributed by atoms with E-state index in [0.29, 0.717) is 13.0 Å². The Kier molecular flexibility index (Phi) is 5.86. The molecule has 1 aromatic rings. The lowest BCUT2D eigenvalue weighted by atomic mass is 10.0. The number of likely N-dealkylation sites (tertiary alicyclic amines) is 1. The van der Waals surface area contributed by atoms with Gasteiger partial charge in [-0.15, -0.1) is 0 Å². The van der Waals surface area contributed by atoms with Gasteiger partial charge in [-0.3, -0.25) is 0 Å². The minimum absolute atomic E-state index is 0.0222. The fourth-order valence-corrected chi connectivity index (χ4v) is 2.86. The van der Waals surface area contributed by atoms with Gasteiger partial charge in [-0.05, 0) is 43.4 Å². The number of carbonyl (C=O) groups is 1. The number of carbonyl (C=O) groups excluding carboxylic acids is 1. The minimum Gasteiger partial charge on any atom is -0.396 e. The van der Waals surface area contributed by atoms with Crippen molar-refractivity contribution >= 4 is 22.0 Å². The second kappa shape index (κ2) is 7.64. The maximum atomic E-state index is 12.2. The summed E-state index contributed by atoms with van der Waals surface area (Å²) in [5.74, 6) is 0. The Morgan fingerprint density at radius 2 is 2.10 bits per heavy atom. The maximum absolute atomic E-state index is 12.2. The number of nitrogens with zero attached hydrogens (tertiary/aromatic N) is 1. The van der Waals surface area contributed by atoms with Crippen molar-refractivity contribution in [1.82, 2.24) is 10.2 Å². The van der Waals surface area contributed by atoms with Crippen LogP contribution in [0, 0.1) is 0 Å². The second-order valence-corrected chi connectivity index (χ2v) is 6.06. The number of nitrogens with one attached hydrogen (secondary N) is 1. The van der Waals surface area contributed by atoms with E-state index in [1.54, 1.807) is 0 Å². The molecule has 1 aliphatic rings. The van der Waals surface area contributed by atoms with E-state index in [2.05, 4.69) is 21.2 Å². The number of urea groups is 1. The number of benzene rings is 1. The standard InChI is InChI=1S/C15H21BrN2O2/c16-13-6-4-12(5-7-13)11-17-15(20)18-9-2-1-3-14(18)8-10-19/h4-7,14,19H,1-3,8-11H2,(H,17,20). The fraction of sp³-hybridized carbons (Fsp3) is 0.533. The Hall–Kier alpha value is -1.07. The van der Waals surface area contributed by atoms with E-state index in [-0.39, 0.29) is 18.7 Å². The van der Waals surface area contributed by atoms with E-state index in [4.69, 9.17) is 5.11 Å². The van der Waals surface area contributed by atoms with Crippen LogP contribution < -0.4 is 5.32 Å². The molecule has 1 aliphatic heterocycles. The molecule has 2 N–H and O–H groups in total. The molecule has 0 aromatic heterocycles. The molecule has 1 saturated heterocycles. The molecule has 1 atom stereocenters. The van der Waals surface area contributed by atoms with Crippen LogP contribution in [0.2, 0.25) is 0 Å². The van der Waals surface area contributed by atoms with E-state index in [9.17, 15) is 4.79 Å². The summed E-state index contributed by atoms with van der Waals surface area (Å²) in [5.41, 5.74) is 1.08. The van der Waals surface area contributed by atoms with Gasteiger partial charge in [-0.2, -0.15) is 0 Å². The van der Waals surface area contributed by atoms with Crippen LogP contribution >= 0.6 is 15.9 Å². The highest BCUT2D eigenvalue weighted by molar-refractivity contribution is 9.10. The van der Waals surface area contributed by atoms with Crippen LogP contribution in [-0.2, 0) is 6.54 Å². The molecule has 1 unspecified atom stereocenters. The van der Waals surface area contributed by atoms with Crippen molar-refractivity contribution in [3.05, 3.63) is 34.3 Å². The summed E-state index contributed by atoms with van der Waals surface area (Å²) in [6.45, 7) is 1.46. The molecule has 0 bridgehead atoms. The fourth-order valence-electron chi connectivity index (χ4n) is 2.60. The Bertz CT molecular complexity index is 434. The van der Waals surface area contributed by atoms with Crippen molar-refractivity contribution in [2.45, 2.75) is 38.3 Å². The first-order valence-corrected chi connectivity index (χ1v) is 7.90. The van der Waals surface area contributed by atoms with Gasteiger partial charge in [0.25, 0.3) is 0 Å². The zero-order chi connectivity index (χ0) is 14.4. The SMILES string of the molecule is O=C(NCc1ccc(Br)cc1)N1CCCCC1CCO. The van der Waals surface area contributed by atoms with E-state index >= 15 is 0 Å². The third kappa shape index (κ3) is 4.21. The Labute approximate surface area is 128 Å². The Morgan fingerprint density at radius 3 is 2.80 bits per heavy atom. The van der Waals surface area contributed by atoms with Crippen LogP contribution in [0.25, 0.3) is 0 Å². The van der Waals surface area contributed by atoms with Gasteiger partial charge in [0.05, 0.1) is 0 Å². The lowest BCUT2D eigenvalue weighted by molar-refractivity contribution is 0.131. The zero-order valence-electron chi connectivity index (χ0n) is 11.5. The topological polar surface area (TPSA) is 52.6 Å². The van der Waals surface area contributed by atoms with Crippen LogP contribution in [0.1, 0.15) is 31.2 Å². The predicted molar refractivity (Wildman–Crippen MR) is 82.4 cm³/mol. The average molecular weight is 341 g/mol. The number of aliphatic hydroxyl groups is 1. The van der Waals surface area contributed by atoms with Crippen LogP contribution in [-0.4, -0.2) is 35.2 Å². The molecule has 0 saturated carbocycles. The van der Waals surface area contributed by atoms with Crippen molar-refractivity contribution < 1.29 is 9.90 Å². The molecule has 1 fully saturated rings. The summed E-state index contributed by atoms with van der Waals surface area (Å²) in [6.07, 6.45) is 3.85. The van der Waals surface area contributed by atoms with E-state index in [0.717, 1.165) is 35.8 Å². The lowest BCUT2D eigenvalue weighted by Gasteiger charge is -2.35. The second-order valence-electron chi connectivity index (χ2n) is 5.14. The van der Waals surface area contributed by atoms with Crippen LogP contribution in [0.5, 0.6) is 0 Å². The Morgan fingerprint density at radius 1 is 1.35 bits per heavy atom. The van der Waals surface area contributed by atoms with Crippen molar-refractivity contribution in [1.29, 1.82) is 0 Å². The zero-order valence-corrected chi connectivity index (χ0v) is 13.1. The molecule has 1 heterocycles. The largest absolute Gasteiger partial charge is 0.396 e. The van der Waals surface area contributed by atoms with Gasteiger partial charge in [0.2, 0.25) is 0 Å². The number of rotatable bonds is 4. The van der Waals surface area contributed by atoms with Gasteiger partial charge >= 0.3 is 6.03 Å². The molecular formula is C15H21BrN2O2. The normalized spacial score (nSPS) is 18.9. The van der Waals surface area contributed by atoms with E-state index in [1.807, 2.05) is 29.2 Å². The first kappa shape index (κ1) is 15.3. The summed E-state index contributed by atoms with van der Waals surface area (Å²) >= 11 is 3.39. The third-order valence-corrected chi connectivity index (χ3v) is 4.24. The molecular weight excluding hydrogens is 320 g/mol. The van der Waals surface area contributed by atoms with Gasteiger partial charge in [0.1, 0.15) is 0 Å². The van der Waals surface area contributed by atoms with Crippen molar-refractivity contribution in [3.63, 3.8) is 0 Å². The molecule has 0 aliphatic carbocycles. The molecule has 1 aromatic carbocycles. The highest BCUT2D eigenvalue weighted by Gasteiger charge is 2.25. The van der Waals surface area contributed by atoms with Crippen LogP contribution in [0.3, 0.4) is 0 Å². The van der Waals surface area contributed by atoms with Crippen LogP contribution in [0.15, 0.2) is 28.7 Å². The summed E-state index contributed by atoms with van der Waals surface area (Å²) in [6, 6.07) is 8.08. The molecule has 0 radical (unpaired) electrons. The van der Waals surface area contributed by atoms with Gasteiger partial charge in [0.15, 0.2) is 0 Å². The van der Waals surface area contributed by atoms with Crippen molar-refractivity contribution in [3.8, 4) is 0 Å². The van der Waals surface area contributed by atoms with Crippen molar-refractivity contribution in [2.75, 3.05) is 13.2 Å². The average Bonchev–Trinajstić information content (AvgIpc) is 2.47. The van der Waals surface area contributed by atoms with Gasteiger partial charge in [-0.25, -0.2) is 4.79 Å².